The molecule has 0 aromatic rings. The van der Waals surface area contributed by atoms with Crippen LogP contribution in [0.2, 0.25) is 0 Å². The molecule has 1 atom stereocenters. The summed E-state index contributed by atoms with van der Waals surface area (Å²) in [4.78, 5) is 9.66. The van der Waals surface area contributed by atoms with Gasteiger partial charge in [-0.15, -0.1) is 0 Å². The Kier molecular flexibility index (Phi) is 2.95. The monoisotopic (exact) mass is 286 g/mol. The van der Waals surface area contributed by atoms with Crippen LogP contribution >= 0.6 is 11.6 Å². The fraction of sp³-hybridized carbons (Fsp3) is 0.500. The summed E-state index contributed by atoms with van der Waals surface area (Å²) < 4.78 is -1.02. The number of hydrogen-bond acceptors (Lipinski definition) is 2. The molecular formula is C2H2ClIrO2. The quantitative estimate of drug-likeness (QED) is 0.667. The molecule has 0 amide bonds. The first kappa shape index (κ1) is 6.57. The van der Waals surface area contributed by atoms with Crippen molar-refractivity contribution in [3.8, 4) is 0 Å². The van der Waals surface area contributed by atoms with Crippen LogP contribution in [0.25, 0.3) is 0 Å². The normalized spacial score (nSPS) is 14.0. The molecule has 4 heteroatoms. The molecule has 0 radical (unpaired) electrons. The first-order valence-electron chi connectivity index (χ1n) is 1.13. The van der Waals surface area contributed by atoms with E-state index < -0.39 is 9.86 Å². The van der Waals surface area contributed by atoms with E-state index in [0.29, 0.717) is 0 Å². The van der Waals surface area contributed by atoms with Crippen LogP contribution in [0.5, 0.6) is 0 Å². The number of halogens is 1. The van der Waals surface area contributed by atoms with Crippen LogP contribution in [-0.4, -0.2) is 15.0 Å². The van der Waals surface area contributed by atoms with E-state index in [2.05, 4.69) is 0 Å². The molecule has 0 spiro atoms. The molecule has 0 saturated heterocycles. The molecule has 0 aliphatic carbocycles. The Bertz CT molecular complexity index is 62.6. The van der Waals surface area contributed by atoms with Gasteiger partial charge in [0, 0.05) is 0 Å². The molecule has 0 fully saturated rings. The van der Waals surface area contributed by atoms with Crippen LogP contribution in [0, 0.1) is 0 Å². The Hall–Kier alpha value is 0.569. The average Bonchev–Trinajstić information content (AvgIpc) is 1.36. The van der Waals surface area contributed by atoms with Crippen molar-refractivity contribution in [2.45, 2.75) is 4.62 Å². The van der Waals surface area contributed by atoms with Crippen LogP contribution in [0.4, 0.5) is 0 Å². The molecule has 6 heavy (non-hydrogen) atoms. The van der Waals surface area contributed by atoms with Gasteiger partial charge in [-0.3, -0.25) is 0 Å². The molecule has 38 valence electrons. The van der Waals surface area contributed by atoms with Gasteiger partial charge < -0.3 is 0 Å². The number of rotatable bonds is 1. The van der Waals surface area contributed by atoms with E-state index in [0.717, 1.165) is 0 Å². The zero-order chi connectivity index (χ0) is 5.15. The summed E-state index contributed by atoms with van der Waals surface area (Å²) in [5, 5.41) is 7.44. The van der Waals surface area contributed by atoms with Crippen molar-refractivity contribution in [3.63, 3.8) is 0 Å². The fourth-order valence-electron chi connectivity index (χ4n) is 0. The summed E-state index contributed by atoms with van der Waals surface area (Å²) in [6.07, 6.45) is 0. The van der Waals surface area contributed by atoms with E-state index in [1.54, 1.807) is 0 Å². The van der Waals surface area contributed by atoms with Gasteiger partial charge in [-0.1, -0.05) is 0 Å². The number of carbonyl (C=O) groups excluding carboxylic acids is 1. The summed E-state index contributed by atoms with van der Waals surface area (Å²) in [5.74, 6) is 0. The standard InChI is InChI=1S/C2H2ClO2.Ir/c3-2(5)1-4;/h1,4H;. The molecule has 1 N–H and O–H groups in total. The van der Waals surface area contributed by atoms with E-state index in [1.807, 2.05) is 0 Å². The van der Waals surface area contributed by atoms with Crippen molar-refractivity contribution >= 4 is 16.8 Å². The van der Waals surface area contributed by atoms with Crippen LogP contribution in [0.1, 0.15) is 0 Å². The maximum atomic E-state index is 9.66. The predicted molar refractivity (Wildman–Crippen MR) is 16.9 cm³/mol. The molecule has 0 bridgehead atoms. The first-order chi connectivity index (χ1) is 2.64. The number of aliphatic hydroxyl groups excluding tert-OH is 1. The van der Waals surface area contributed by atoms with Gasteiger partial charge in [0.25, 0.3) is 0 Å². The van der Waals surface area contributed by atoms with Gasteiger partial charge in [0.2, 0.25) is 0 Å². The van der Waals surface area contributed by atoms with Crippen LogP contribution in [-0.2, 0) is 23.7 Å². The van der Waals surface area contributed by atoms with Crippen molar-refractivity contribution in [3.05, 3.63) is 0 Å². The third-order valence-electron chi connectivity index (χ3n) is 0.177. The molecule has 0 saturated carbocycles. The molecular weight excluding hydrogens is 284 g/mol. The van der Waals surface area contributed by atoms with Gasteiger partial charge in [0.1, 0.15) is 0 Å². The topological polar surface area (TPSA) is 37.3 Å². The van der Waals surface area contributed by atoms with Gasteiger partial charge in [-0.05, 0) is 0 Å². The third kappa shape index (κ3) is 2.79. The minimum absolute atomic E-state index is 0.713. The van der Waals surface area contributed by atoms with Crippen molar-refractivity contribution in [2.24, 2.45) is 0 Å². The summed E-state index contributed by atoms with van der Waals surface area (Å²) in [6, 6.07) is 0. The van der Waals surface area contributed by atoms with Crippen LogP contribution in [0.3, 0.4) is 0 Å². The number of carbonyl (C=O) groups is 1. The van der Waals surface area contributed by atoms with Gasteiger partial charge in [-0.25, -0.2) is 0 Å². The molecule has 0 aromatic carbocycles. The van der Waals surface area contributed by atoms with Crippen LogP contribution in [0.15, 0.2) is 0 Å². The Balaban J connectivity index is 3.26. The second kappa shape index (κ2) is 2.69. The van der Waals surface area contributed by atoms with Gasteiger partial charge in [0.15, 0.2) is 0 Å². The minimum atomic E-state index is -1.02. The zero-order valence-electron chi connectivity index (χ0n) is 2.64. The summed E-state index contributed by atoms with van der Waals surface area (Å²) in [6.45, 7) is 0. The molecule has 0 aliphatic rings. The molecule has 0 heterocycles. The first-order valence-corrected chi connectivity index (χ1v) is 2.89. The number of aliphatic hydroxyl groups is 1. The van der Waals surface area contributed by atoms with E-state index >= 15 is 0 Å². The summed E-state index contributed by atoms with van der Waals surface area (Å²) in [5.41, 5.74) is 0. The fourth-order valence-corrected chi connectivity index (χ4v) is 0. The average molecular weight is 286 g/mol. The Morgan fingerprint density at radius 3 is 2.17 bits per heavy atom. The Morgan fingerprint density at radius 1 is 2.00 bits per heavy atom. The summed E-state index contributed by atoms with van der Waals surface area (Å²) >= 11 is 6.04. The molecule has 1 unspecified atom stereocenters. The zero-order valence-corrected chi connectivity index (χ0v) is 5.80. The van der Waals surface area contributed by atoms with Crippen molar-refractivity contribution in [2.75, 3.05) is 0 Å². The number of hydrogen-bond donors (Lipinski definition) is 1. The van der Waals surface area contributed by atoms with Crippen molar-refractivity contribution in [1.82, 2.24) is 0 Å². The SMILES string of the molecule is O=C(Cl)[CH](O)[Ir]. The van der Waals surface area contributed by atoms with Crippen molar-refractivity contribution in [1.29, 1.82) is 0 Å². The second-order valence-electron chi connectivity index (χ2n) is 0.616. The van der Waals surface area contributed by atoms with E-state index in [-0.39, 0.29) is 0 Å². The molecule has 0 rings (SSSR count). The predicted octanol–water partition coefficient (Wildman–Crippen LogP) is -0.383. The van der Waals surface area contributed by atoms with Gasteiger partial charge in [-0.2, -0.15) is 0 Å². The van der Waals surface area contributed by atoms with Gasteiger partial charge >= 0.3 is 50.3 Å². The second-order valence-corrected chi connectivity index (χ2v) is 2.30. The van der Waals surface area contributed by atoms with E-state index in [1.165, 1.54) is 18.9 Å². The van der Waals surface area contributed by atoms with E-state index in [9.17, 15) is 4.79 Å². The Labute approximate surface area is 50.6 Å². The molecule has 0 aliphatic heterocycles. The van der Waals surface area contributed by atoms with Crippen molar-refractivity contribution < 1.29 is 28.8 Å². The maximum absolute atomic E-state index is 9.66. The van der Waals surface area contributed by atoms with Crippen LogP contribution < -0.4 is 0 Å². The molecule has 0 aromatic heterocycles. The van der Waals surface area contributed by atoms with E-state index in [4.69, 9.17) is 16.7 Å². The Morgan fingerprint density at radius 2 is 2.17 bits per heavy atom. The molecule has 2 nitrogen and oxygen atoms in total. The van der Waals surface area contributed by atoms with Gasteiger partial charge in [0.05, 0.1) is 0 Å². The summed E-state index contributed by atoms with van der Waals surface area (Å²) in [7, 11) is 0. The third-order valence-corrected chi connectivity index (χ3v) is 1.41.